The minimum atomic E-state index is -0.0244. The van der Waals surface area contributed by atoms with Gasteiger partial charge in [0, 0.05) is 51.5 Å². The van der Waals surface area contributed by atoms with E-state index in [4.69, 9.17) is 0 Å². The van der Waals surface area contributed by atoms with Crippen molar-refractivity contribution in [3.63, 3.8) is 0 Å². The van der Waals surface area contributed by atoms with Crippen LogP contribution in [0.4, 0.5) is 11.5 Å². The Bertz CT molecular complexity index is 1330. The quantitative estimate of drug-likeness (QED) is 0.497. The summed E-state index contributed by atoms with van der Waals surface area (Å²) >= 11 is 0. The van der Waals surface area contributed by atoms with Crippen LogP contribution in [0.25, 0.3) is 22.1 Å². The maximum absolute atomic E-state index is 12.1. The zero-order chi connectivity index (χ0) is 22.1. The average Bonchev–Trinajstić information content (AvgIpc) is 2.83. The highest BCUT2D eigenvalue weighted by molar-refractivity contribution is 5.86. The van der Waals surface area contributed by atoms with E-state index < -0.39 is 0 Å². The predicted molar refractivity (Wildman–Crippen MR) is 126 cm³/mol. The Morgan fingerprint density at radius 1 is 1.00 bits per heavy atom. The van der Waals surface area contributed by atoms with Gasteiger partial charge < -0.3 is 15.2 Å². The maximum Gasteiger partial charge on any atom is 0.251 e. The zero-order valence-electron chi connectivity index (χ0n) is 18.3. The number of anilines is 2. The van der Waals surface area contributed by atoms with E-state index in [2.05, 4.69) is 46.1 Å². The molecule has 5 rings (SSSR count). The second-order valence-corrected chi connectivity index (χ2v) is 8.05. The number of pyridine rings is 3. The second kappa shape index (κ2) is 8.51. The summed E-state index contributed by atoms with van der Waals surface area (Å²) in [6.45, 7) is 6.48. The monoisotopic (exact) mass is 430 g/mol. The van der Waals surface area contributed by atoms with Crippen LogP contribution in [0.2, 0.25) is 0 Å². The number of hydrogen-bond donors (Lipinski definition) is 2. The number of aryl methyl sites for hydroxylation is 1. The lowest BCUT2D eigenvalue weighted by molar-refractivity contribution is 0.249. The molecular weight excluding hydrogens is 404 g/mol. The lowest BCUT2D eigenvalue weighted by Crippen LogP contribution is -2.46. The highest BCUT2D eigenvalue weighted by Gasteiger charge is 2.19. The molecule has 4 aromatic rings. The third-order valence-electron chi connectivity index (χ3n) is 6.05. The predicted octanol–water partition coefficient (Wildman–Crippen LogP) is 2.19. The van der Waals surface area contributed by atoms with Crippen molar-refractivity contribution in [3.8, 4) is 0 Å². The molecular formula is C23H26N8O. The Hall–Kier alpha value is -3.59. The third-order valence-corrected chi connectivity index (χ3v) is 6.05. The van der Waals surface area contributed by atoms with E-state index in [9.17, 15) is 4.79 Å². The van der Waals surface area contributed by atoms with Crippen LogP contribution in [-0.4, -0.2) is 63.0 Å². The van der Waals surface area contributed by atoms with Crippen LogP contribution in [0.5, 0.6) is 0 Å². The zero-order valence-corrected chi connectivity index (χ0v) is 18.3. The molecule has 32 heavy (non-hydrogen) atoms. The summed E-state index contributed by atoms with van der Waals surface area (Å²) in [5.74, 6) is 0.739. The summed E-state index contributed by atoms with van der Waals surface area (Å²) < 4.78 is 0. The number of hydrogen-bond acceptors (Lipinski definition) is 8. The highest BCUT2D eigenvalue weighted by atomic mass is 16.1. The Balaban J connectivity index is 1.27. The number of aromatic nitrogens is 5. The summed E-state index contributed by atoms with van der Waals surface area (Å²) in [5.41, 5.74) is 6.19. The van der Waals surface area contributed by atoms with Gasteiger partial charge in [0.2, 0.25) is 0 Å². The standard InChI is InChI=1S/C23H26N8O/c1-3-16-9-18-19(29-23(16)32)8-15(11-25-18)13-30-4-6-31(7-5-30)17-10-20-21(26-12-17)22(24-2)28-14-27-20/h8-12,14H,3-7,13H2,1-2H3,(H,29,32)(H,24,27,28). The molecule has 5 heterocycles. The average molecular weight is 431 g/mol. The van der Waals surface area contributed by atoms with Gasteiger partial charge in [-0.25, -0.2) is 15.0 Å². The fourth-order valence-corrected chi connectivity index (χ4v) is 4.23. The van der Waals surface area contributed by atoms with Gasteiger partial charge in [-0.1, -0.05) is 6.92 Å². The van der Waals surface area contributed by atoms with Crippen molar-refractivity contribution in [3.05, 3.63) is 58.4 Å². The molecule has 0 aromatic carbocycles. The first-order chi connectivity index (χ1) is 15.6. The summed E-state index contributed by atoms with van der Waals surface area (Å²) in [7, 11) is 1.84. The van der Waals surface area contributed by atoms with E-state index in [0.29, 0.717) is 6.42 Å². The minimum Gasteiger partial charge on any atom is -0.371 e. The molecule has 0 aliphatic carbocycles. The topological polar surface area (TPSA) is 103 Å². The van der Waals surface area contributed by atoms with E-state index in [0.717, 1.165) is 77.4 Å². The molecule has 2 N–H and O–H groups in total. The van der Waals surface area contributed by atoms with Gasteiger partial charge in [0.1, 0.15) is 11.8 Å². The SMILES string of the molecule is CCc1cc2ncc(CN3CCN(c4cnc5c(NC)ncnc5c4)CC3)cc2[nH]c1=O. The van der Waals surface area contributed by atoms with E-state index in [1.807, 2.05) is 38.5 Å². The molecule has 0 atom stereocenters. The second-order valence-electron chi connectivity index (χ2n) is 8.05. The van der Waals surface area contributed by atoms with E-state index >= 15 is 0 Å². The molecule has 0 bridgehead atoms. The molecule has 0 amide bonds. The molecule has 0 spiro atoms. The Kier molecular flexibility index (Phi) is 5.40. The van der Waals surface area contributed by atoms with Crippen LogP contribution in [0.3, 0.4) is 0 Å². The summed E-state index contributed by atoms with van der Waals surface area (Å²) in [5, 5.41) is 3.06. The van der Waals surface area contributed by atoms with Crippen molar-refractivity contribution in [1.29, 1.82) is 0 Å². The van der Waals surface area contributed by atoms with Crippen LogP contribution >= 0.6 is 0 Å². The number of nitrogens with one attached hydrogen (secondary N) is 2. The minimum absolute atomic E-state index is 0.0244. The number of fused-ring (bicyclic) bond motifs is 2. The molecule has 1 saturated heterocycles. The van der Waals surface area contributed by atoms with Crippen molar-refractivity contribution in [2.45, 2.75) is 19.9 Å². The van der Waals surface area contributed by atoms with Gasteiger partial charge in [-0.3, -0.25) is 14.7 Å². The molecule has 0 radical (unpaired) electrons. The van der Waals surface area contributed by atoms with Gasteiger partial charge in [0.15, 0.2) is 5.82 Å². The Labute approximate surface area is 185 Å². The molecule has 1 aliphatic heterocycles. The van der Waals surface area contributed by atoms with Crippen LogP contribution in [0.15, 0.2) is 41.7 Å². The normalized spacial score (nSPS) is 14.9. The van der Waals surface area contributed by atoms with Gasteiger partial charge in [0.25, 0.3) is 5.56 Å². The van der Waals surface area contributed by atoms with Crippen molar-refractivity contribution < 1.29 is 0 Å². The van der Waals surface area contributed by atoms with Crippen LogP contribution < -0.4 is 15.8 Å². The van der Waals surface area contributed by atoms with Crippen molar-refractivity contribution in [1.82, 2.24) is 29.8 Å². The smallest absolute Gasteiger partial charge is 0.251 e. The van der Waals surface area contributed by atoms with Gasteiger partial charge in [-0.05, 0) is 30.2 Å². The molecule has 1 fully saturated rings. The van der Waals surface area contributed by atoms with Crippen molar-refractivity contribution in [2.75, 3.05) is 43.4 Å². The van der Waals surface area contributed by atoms with Gasteiger partial charge in [-0.2, -0.15) is 0 Å². The molecule has 1 aliphatic rings. The number of aromatic amines is 1. The largest absolute Gasteiger partial charge is 0.371 e. The number of rotatable bonds is 5. The molecule has 9 nitrogen and oxygen atoms in total. The lowest BCUT2D eigenvalue weighted by atomic mass is 10.1. The molecule has 9 heteroatoms. The molecule has 4 aromatic heterocycles. The highest BCUT2D eigenvalue weighted by Crippen LogP contribution is 2.23. The first-order valence-electron chi connectivity index (χ1n) is 10.9. The van der Waals surface area contributed by atoms with Gasteiger partial charge >= 0.3 is 0 Å². The number of nitrogens with zero attached hydrogens (tertiary/aromatic N) is 6. The first kappa shape index (κ1) is 20.3. The molecule has 164 valence electrons. The summed E-state index contributed by atoms with van der Waals surface area (Å²) in [6, 6.07) is 6.01. The van der Waals surface area contributed by atoms with Crippen LogP contribution in [0.1, 0.15) is 18.1 Å². The van der Waals surface area contributed by atoms with Crippen molar-refractivity contribution >= 4 is 33.6 Å². The van der Waals surface area contributed by atoms with Gasteiger partial charge in [0.05, 0.1) is 28.4 Å². The third kappa shape index (κ3) is 3.87. The summed E-state index contributed by atoms with van der Waals surface area (Å²) in [6.07, 6.45) is 6.08. The van der Waals surface area contributed by atoms with Crippen LogP contribution in [0, 0.1) is 0 Å². The fraction of sp³-hybridized carbons (Fsp3) is 0.348. The lowest BCUT2D eigenvalue weighted by Gasteiger charge is -2.36. The Morgan fingerprint density at radius 3 is 2.62 bits per heavy atom. The first-order valence-corrected chi connectivity index (χ1v) is 10.9. The van der Waals surface area contributed by atoms with E-state index in [1.165, 1.54) is 0 Å². The molecule has 0 unspecified atom stereocenters. The maximum atomic E-state index is 12.1. The molecule has 0 saturated carbocycles. The number of piperazine rings is 1. The number of H-pyrrole nitrogens is 1. The van der Waals surface area contributed by atoms with Crippen LogP contribution in [-0.2, 0) is 13.0 Å². The summed E-state index contributed by atoms with van der Waals surface area (Å²) in [4.78, 5) is 37.6. The van der Waals surface area contributed by atoms with Gasteiger partial charge in [-0.15, -0.1) is 0 Å². The Morgan fingerprint density at radius 2 is 1.84 bits per heavy atom. The van der Waals surface area contributed by atoms with E-state index in [1.54, 1.807) is 6.33 Å². The van der Waals surface area contributed by atoms with Crippen molar-refractivity contribution in [2.24, 2.45) is 0 Å². The van der Waals surface area contributed by atoms with E-state index in [-0.39, 0.29) is 5.56 Å². The fourth-order valence-electron chi connectivity index (χ4n) is 4.23.